The molecule has 74 valence electrons. The Kier molecular flexibility index (Phi) is 4.49. The van der Waals surface area contributed by atoms with Crippen LogP contribution in [0.2, 0.25) is 0 Å². The molecular weight excluding hydrogens is 166 g/mol. The molecule has 1 aromatic heterocycles. The van der Waals surface area contributed by atoms with Crippen molar-refractivity contribution in [2.75, 3.05) is 20.3 Å². The molecule has 0 spiro atoms. The molecule has 0 saturated carbocycles. The summed E-state index contributed by atoms with van der Waals surface area (Å²) in [6, 6.07) is 2.03. The molecule has 0 unspecified atom stereocenters. The molecule has 0 saturated heterocycles. The van der Waals surface area contributed by atoms with Gasteiger partial charge in [0.15, 0.2) is 0 Å². The molecule has 0 aliphatic carbocycles. The van der Waals surface area contributed by atoms with Crippen molar-refractivity contribution in [1.82, 2.24) is 15.1 Å². The first-order valence-electron chi connectivity index (χ1n) is 4.58. The minimum atomic E-state index is 0.750. The summed E-state index contributed by atoms with van der Waals surface area (Å²) in [5.41, 5.74) is 1.22. The molecule has 0 radical (unpaired) electrons. The fourth-order valence-electron chi connectivity index (χ4n) is 1.19. The Morgan fingerprint density at radius 2 is 2.46 bits per heavy atom. The van der Waals surface area contributed by atoms with Crippen molar-refractivity contribution in [2.24, 2.45) is 0 Å². The van der Waals surface area contributed by atoms with E-state index in [-0.39, 0.29) is 0 Å². The number of methoxy groups -OCH3 is 1. The van der Waals surface area contributed by atoms with Crippen LogP contribution in [0.25, 0.3) is 0 Å². The molecule has 1 rings (SSSR count). The lowest BCUT2D eigenvalue weighted by molar-refractivity contribution is 0.199. The van der Waals surface area contributed by atoms with E-state index in [1.165, 1.54) is 5.69 Å². The van der Waals surface area contributed by atoms with E-state index >= 15 is 0 Å². The number of nitrogens with one attached hydrogen (secondary N) is 1. The highest BCUT2D eigenvalue weighted by Gasteiger charge is 1.98. The van der Waals surface area contributed by atoms with E-state index in [2.05, 4.69) is 17.3 Å². The summed E-state index contributed by atoms with van der Waals surface area (Å²) in [6.45, 7) is 5.50. The van der Waals surface area contributed by atoms with Gasteiger partial charge >= 0.3 is 0 Å². The summed E-state index contributed by atoms with van der Waals surface area (Å²) in [6.07, 6.45) is 1.83. The maximum Gasteiger partial charge on any atom is 0.0587 e. The quantitative estimate of drug-likeness (QED) is 0.658. The number of rotatable bonds is 6. The summed E-state index contributed by atoms with van der Waals surface area (Å²) < 4.78 is 6.92. The van der Waals surface area contributed by atoms with Gasteiger partial charge < -0.3 is 10.1 Å². The van der Waals surface area contributed by atoms with Crippen molar-refractivity contribution < 1.29 is 4.74 Å². The zero-order valence-electron chi connectivity index (χ0n) is 8.29. The van der Waals surface area contributed by atoms with Crippen molar-refractivity contribution in [3.63, 3.8) is 0 Å². The molecule has 0 aliphatic rings. The van der Waals surface area contributed by atoms with Gasteiger partial charge in [-0.3, -0.25) is 4.68 Å². The van der Waals surface area contributed by atoms with Gasteiger partial charge in [-0.25, -0.2) is 0 Å². The molecule has 1 N–H and O–H groups in total. The Morgan fingerprint density at radius 3 is 3.15 bits per heavy atom. The monoisotopic (exact) mass is 183 g/mol. The summed E-state index contributed by atoms with van der Waals surface area (Å²) >= 11 is 0. The first kappa shape index (κ1) is 10.2. The van der Waals surface area contributed by atoms with Crippen LogP contribution in [0.4, 0.5) is 0 Å². The zero-order chi connectivity index (χ0) is 9.52. The smallest absolute Gasteiger partial charge is 0.0587 e. The molecule has 0 amide bonds. The summed E-state index contributed by atoms with van der Waals surface area (Å²) in [4.78, 5) is 0. The minimum Gasteiger partial charge on any atom is -0.383 e. The molecule has 0 fully saturated rings. The SMILES string of the molecule is CCn1nccc1CNCCOC. The van der Waals surface area contributed by atoms with Crippen LogP contribution in [0.5, 0.6) is 0 Å². The first-order valence-corrected chi connectivity index (χ1v) is 4.58. The van der Waals surface area contributed by atoms with E-state index in [9.17, 15) is 0 Å². The summed E-state index contributed by atoms with van der Waals surface area (Å²) in [5, 5.41) is 7.46. The number of nitrogens with zero attached hydrogens (tertiary/aromatic N) is 2. The Balaban J connectivity index is 2.27. The number of hydrogen-bond donors (Lipinski definition) is 1. The van der Waals surface area contributed by atoms with E-state index in [1.54, 1.807) is 7.11 Å². The highest BCUT2D eigenvalue weighted by Crippen LogP contribution is 1.97. The Morgan fingerprint density at radius 1 is 1.62 bits per heavy atom. The molecule has 4 nitrogen and oxygen atoms in total. The highest BCUT2D eigenvalue weighted by molar-refractivity contribution is 4.99. The third-order valence-corrected chi connectivity index (χ3v) is 1.89. The van der Waals surface area contributed by atoms with Gasteiger partial charge in [0.1, 0.15) is 0 Å². The van der Waals surface area contributed by atoms with E-state index < -0.39 is 0 Å². The molecule has 1 aromatic rings. The molecule has 0 aromatic carbocycles. The molecule has 13 heavy (non-hydrogen) atoms. The topological polar surface area (TPSA) is 39.1 Å². The summed E-state index contributed by atoms with van der Waals surface area (Å²) in [7, 11) is 1.71. The van der Waals surface area contributed by atoms with Crippen LogP contribution in [0, 0.1) is 0 Å². The standard InChI is InChI=1S/C9H17N3O/c1-3-12-9(4-5-11-12)8-10-6-7-13-2/h4-5,10H,3,6-8H2,1-2H3. The predicted molar refractivity (Wildman–Crippen MR) is 51.5 cm³/mol. The van der Waals surface area contributed by atoms with Crippen molar-refractivity contribution in [3.05, 3.63) is 18.0 Å². The fraction of sp³-hybridized carbons (Fsp3) is 0.667. The average molecular weight is 183 g/mol. The third kappa shape index (κ3) is 3.16. The van der Waals surface area contributed by atoms with Crippen molar-refractivity contribution in [2.45, 2.75) is 20.0 Å². The second-order valence-corrected chi connectivity index (χ2v) is 2.81. The molecular formula is C9H17N3O. The van der Waals surface area contributed by atoms with Gasteiger partial charge in [0, 0.05) is 32.9 Å². The Bertz CT molecular complexity index is 235. The molecule has 0 atom stereocenters. The number of aromatic nitrogens is 2. The van der Waals surface area contributed by atoms with Crippen LogP contribution >= 0.6 is 0 Å². The van der Waals surface area contributed by atoms with Gasteiger partial charge in [0.25, 0.3) is 0 Å². The van der Waals surface area contributed by atoms with Crippen LogP contribution in [-0.2, 0) is 17.8 Å². The van der Waals surface area contributed by atoms with Gasteiger partial charge in [-0.1, -0.05) is 0 Å². The maximum absolute atomic E-state index is 4.93. The van der Waals surface area contributed by atoms with Gasteiger partial charge in [-0.2, -0.15) is 5.10 Å². The van der Waals surface area contributed by atoms with Gasteiger partial charge in [0.05, 0.1) is 12.3 Å². The molecule has 4 heteroatoms. The van der Waals surface area contributed by atoms with Crippen molar-refractivity contribution in [3.8, 4) is 0 Å². The van der Waals surface area contributed by atoms with Crippen LogP contribution in [-0.4, -0.2) is 30.0 Å². The van der Waals surface area contributed by atoms with E-state index in [4.69, 9.17) is 4.74 Å². The van der Waals surface area contributed by atoms with E-state index in [0.29, 0.717) is 0 Å². The minimum absolute atomic E-state index is 0.750. The van der Waals surface area contributed by atoms with Gasteiger partial charge in [0.2, 0.25) is 0 Å². The van der Waals surface area contributed by atoms with Crippen molar-refractivity contribution >= 4 is 0 Å². The second kappa shape index (κ2) is 5.72. The van der Waals surface area contributed by atoms with Gasteiger partial charge in [-0.15, -0.1) is 0 Å². The molecule has 0 bridgehead atoms. The fourth-order valence-corrected chi connectivity index (χ4v) is 1.19. The number of aryl methyl sites for hydroxylation is 1. The van der Waals surface area contributed by atoms with E-state index in [1.807, 2.05) is 16.9 Å². The maximum atomic E-state index is 4.93. The Hall–Kier alpha value is -0.870. The van der Waals surface area contributed by atoms with Crippen LogP contribution < -0.4 is 5.32 Å². The third-order valence-electron chi connectivity index (χ3n) is 1.89. The van der Waals surface area contributed by atoms with Crippen LogP contribution in [0.15, 0.2) is 12.3 Å². The largest absolute Gasteiger partial charge is 0.383 e. The lowest BCUT2D eigenvalue weighted by atomic mass is 10.4. The number of ether oxygens (including phenoxy) is 1. The first-order chi connectivity index (χ1) is 6.38. The average Bonchev–Trinajstić information content (AvgIpc) is 2.60. The predicted octanol–water partition coefficient (Wildman–Crippen LogP) is 0.639. The zero-order valence-corrected chi connectivity index (χ0v) is 8.29. The highest BCUT2D eigenvalue weighted by atomic mass is 16.5. The Labute approximate surface area is 78.9 Å². The lowest BCUT2D eigenvalue weighted by Crippen LogP contribution is -2.20. The van der Waals surface area contributed by atoms with Crippen molar-refractivity contribution in [1.29, 1.82) is 0 Å². The lowest BCUT2D eigenvalue weighted by Gasteiger charge is -2.05. The van der Waals surface area contributed by atoms with E-state index in [0.717, 1.165) is 26.2 Å². The second-order valence-electron chi connectivity index (χ2n) is 2.81. The molecule has 1 heterocycles. The van der Waals surface area contributed by atoms with Crippen LogP contribution in [0.3, 0.4) is 0 Å². The normalized spacial score (nSPS) is 10.6. The summed E-state index contributed by atoms with van der Waals surface area (Å²) in [5.74, 6) is 0. The van der Waals surface area contributed by atoms with Gasteiger partial charge in [-0.05, 0) is 13.0 Å². The van der Waals surface area contributed by atoms with Crippen LogP contribution in [0.1, 0.15) is 12.6 Å². The molecule has 0 aliphatic heterocycles. The number of hydrogen-bond acceptors (Lipinski definition) is 3.